The maximum Gasteiger partial charge on any atom is 0.338 e. The number of hydrogen-bond donors (Lipinski definition) is 1. The first-order valence-corrected chi connectivity index (χ1v) is 10.1. The van der Waals surface area contributed by atoms with E-state index in [0.29, 0.717) is 12.2 Å². The van der Waals surface area contributed by atoms with Gasteiger partial charge >= 0.3 is 11.9 Å². The predicted molar refractivity (Wildman–Crippen MR) is 119 cm³/mol. The lowest BCUT2D eigenvalue weighted by atomic mass is 9.99. The number of methoxy groups -OCH3 is 1. The molecule has 0 aromatic heterocycles. The molecule has 3 rings (SSSR count). The Morgan fingerprint density at radius 2 is 1.87 bits per heavy atom. The van der Waals surface area contributed by atoms with Gasteiger partial charge in [0.2, 0.25) is 0 Å². The van der Waals surface area contributed by atoms with Crippen LogP contribution in [0.2, 0.25) is 0 Å². The van der Waals surface area contributed by atoms with Crippen molar-refractivity contribution in [2.24, 2.45) is 10.2 Å². The maximum atomic E-state index is 11.9. The molecule has 9 heteroatoms. The van der Waals surface area contributed by atoms with Crippen LogP contribution in [0, 0.1) is 0 Å². The smallest absolute Gasteiger partial charge is 0.338 e. The summed E-state index contributed by atoms with van der Waals surface area (Å²) in [5.74, 6) is -1.42. The SMILES string of the molecule is CCOC(=O)c1ccc(-c2ccccc2C=N/N=C2/NC(=O)/C(=C\C(=O)OC)S2)cc1. The molecule has 1 amide bonds. The number of ether oxygens (including phenoxy) is 2. The highest BCUT2D eigenvalue weighted by Gasteiger charge is 2.25. The second kappa shape index (κ2) is 10.4. The van der Waals surface area contributed by atoms with Crippen LogP contribution < -0.4 is 5.32 Å². The summed E-state index contributed by atoms with van der Waals surface area (Å²) < 4.78 is 9.52. The molecule has 0 unspecified atom stereocenters. The van der Waals surface area contributed by atoms with E-state index >= 15 is 0 Å². The zero-order chi connectivity index (χ0) is 22.2. The molecule has 2 aromatic carbocycles. The summed E-state index contributed by atoms with van der Waals surface area (Å²) in [4.78, 5) is 35.2. The van der Waals surface area contributed by atoms with E-state index in [0.717, 1.165) is 34.5 Å². The Hall–Kier alpha value is -3.72. The molecule has 0 atom stereocenters. The molecule has 0 aliphatic carbocycles. The van der Waals surface area contributed by atoms with Crippen molar-refractivity contribution in [2.75, 3.05) is 13.7 Å². The van der Waals surface area contributed by atoms with Crippen LogP contribution in [0.25, 0.3) is 11.1 Å². The minimum atomic E-state index is -0.620. The summed E-state index contributed by atoms with van der Waals surface area (Å²) in [6, 6.07) is 14.7. The van der Waals surface area contributed by atoms with Crippen LogP contribution in [0.15, 0.2) is 69.7 Å². The lowest BCUT2D eigenvalue weighted by Crippen LogP contribution is -2.19. The van der Waals surface area contributed by atoms with Crippen LogP contribution in [0.1, 0.15) is 22.8 Å². The molecular weight excluding hydrogens is 418 g/mol. The molecule has 1 aliphatic rings. The number of carbonyl (C=O) groups is 3. The van der Waals surface area contributed by atoms with E-state index in [1.807, 2.05) is 36.4 Å². The van der Waals surface area contributed by atoms with Crippen molar-refractivity contribution in [2.45, 2.75) is 6.92 Å². The van der Waals surface area contributed by atoms with Gasteiger partial charge < -0.3 is 9.47 Å². The quantitative estimate of drug-likeness (QED) is 0.322. The van der Waals surface area contributed by atoms with Gasteiger partial charge in [0.1, 0.15) is 0 Å². The number of nitrogens with zero attached hydrogens (tertiary/aromatic N) is 2. The minimum Gasteiger partial charge on any atom is -0.466 e. The van der Waals surface area contributed by atoms with Crippen LogP contribution in [0.5, 0.6) is 0 Å². The van der Waals surface area contributed by atoms with Gasteiger partial charge in [0, 0.05) is 11.6 Å². The van der Waals surface area contributed by atoms with Crippen molar-refractivity contribution >= 4 is 41.0 Å². The Morgan fingerprint density at radius 3 is 2.58 bits per heavy atom. The third-order valence-electron chi connectivity index (χ3n) is 4.11. The highest BCUT2D eigenvalue weighted by molar-refractivity contribution is 8.18. The van der Waals surface area contributed by atoms with E-state index in [2.05, 4.69) is 20.3 Å². The van der Waals surface area contributed by atoms with E-state index in [4.69, 9.17) is 4.74 Å². The van der Waals surface area contributed by atoms with Crippen LogP contribution in [0.4, 0.5) is 0 Å². The van der Waals surface area contributed by atoms with Crippen LogP contribution in [-0.2, 0) is 19.1 Å². The second-order valence-corrected chi connectivity index (χ2v) is 7.15. The first kappa shape index (κ1) is 22.0. The maximum absolute atomic E-state index is 11.9. The third kappa shape index (κ3) is 5.67. The Morgan fingerprint density at radius 1 is 1.13 bits per heavy atom. The molecule has 0 saturated carbocycles. The van der Waals surface area contributed by atoms with Crippen molar-refractivity contribution in [3.63, 3.8) is 0 Å². The van der Waals surface area contributed by atoms with Gasteiger partial charge in [-0.05, 0) is 41.9 Å². The summed E-state index contributed by atoms with van der Waals surface area (Å²) in [5, 5.41) is 10.9. The first-order valence-electron chi connectivity index (χ1n) is 9.28. The molecule has 0 bridgehead atoms. The average molecular weight is 437 g/mol. The molecule has 0 radical (unpaired) electrons. The van der Waals surface area contributed by atoms with Gasteiger partial charge in [0.15, 0.2) is 5.17 Å². The van der Waals surface area contributed by atoms with Crippen molar-refractivity contribution in [3.05, 3.63) is 70.6 Å². The van der Waals surface area contributed by atoms with E-state index in [1.165, 1.54) is 7.11 Å². The number of carbonyl (C=O) groups excluding carboxylic acids is 3. The number of benzene rings is 2. The first-order chi connectivity index (χ1) is 15.0. The zero-order valence-electron chi connectivity index (χ0n) is 16.8. The molecule has 0 spiro atoms. The normalized spacial score (nSPS) is 16.0. The molecule has 1 heterocycles. The number of amides is 1. The Balaban J connectivity index is 1.77. The number of hydrogen-bond acceptors (Lipinski definition) is 8. The number of amidine groups is 1. The number of nitrogens with one attached hydrogen (secondary N) is 1. The fourth-order valence-corrected chi connectivity index (χ4v) is 3.40. The van der Waals surface area contributed by atoms with Gasteiger partial charge in [0.05, 0.1) is 30.4 Å². The van der Waals surface area contributed by atoms with E-state index in [9.17, 15) is 14.4 Å². The zero-order valence-corrected chi connectivity index (χ0v) is 17.6. The average Bonchev–Trinajstić information content (AvgIpc) is 3.13. The van der Waals surface area contributed by atoms with E-state index in [-0.39, 0.29) is 16.0 Å². The predicted octanol–water partition coefficient (Wildman–Crippen LogP) is 3.14. The Kier molecular flexibility index (Phi) is 7.34. The monoisotopic (exact) mass is 437 g/mol. The topological polar surface area (TPSA) is 106 Å². The lowest BCUT2D eigenvalue weighted by molar-refractivity contribution is -0.135. The fourth-order valence-electron chi connectivity index (χ4n) is 2.66. The molecule has 1 N–H and O–H groups in total. The number of thioether (sulfide) groups is 1. The molecule has 1 fully saturated rings. The molecule has 31 heavy (non-hydrogen) atoms. The highest BCUT2D eigenvalue weighted by atomic mass is 32.2. The van der Waals surface area contributed by atoms with Gasteiger partial charge in [-0.1, -0.05) is 36.4 Å². The molecular formula is C22H19N3O5S. The summed E-state index contributed by atoms with van der Waals surface area (Å²) in [5.41, 5.74) is 3.08. The molecule has 158 valence electrons. The Labute approximate surface area is 183 Å². The van der Waals surface area contributed by atoms with Crippen molar-refractivity contribution in [1.29, 1.82) is 0 Å². The van der Waals surface area contributed by atoms with Crippen LogP contribution in [0.3, 0.4) is 0 Å². The van der Waals surface area contributed by atoms with Crippen LogP contribution in [-0.4, -0.2) is 42.9 Å². The molecule has 1 aliphatic heterocycles. The van der Waals surface area contributed by atoms with E-state index < -0.39 is 11.9 Å². The van der Waals surface area contributed by atoms with Gasteiger partial charge in [-0.2, -0.15) is 5.10 Å². The van der Waals surface area contributed by atoms with E-state index in [1.54, 1.807) is 25.3 Å². The molecule has 2 aromatic rings. The van der Waals surface area contributed by atoms with Crippen molar-refractivity contribution in [1.82, 2.24) is 5.32 Å². The minimum absolute atomic E-state index is 0.183. The van der Waals surface area contributed by atoms with Gasteiger partial charge in [-0.25, -0.2) is 9.59 Å². The fraction of sp³-hybridized carbons (Fsp3) is 0.136. The van der Waals surface area contributed by atoms with Crippen molar-refractivity contribution in [3.8, 4) is 11.1 Å². The number of rotatable bonds is 6. The second-order valence-electron chi connectivity index (χ2n) is 6.12. The van der Waals surface area contributed by atoms with Crippen LogP contribution >= 0.6 is 11.8 Å². The Bertz CT molecular complexity index is 1090. The molecule has 8 nitrogen and oxygen atoms in total. The van der Waals surface area contributed by atoms with Gasteiger partial charge in [-0.3, -0.25) is 10.1 Å². The summed E-state index contributed by atoms with van der Waals surface area (Å²) in [6.07, 6.45) is 2.66. The third-order valence-corrected chi connectivity index (χ3v) is 5.01. The summed E-state index contributed by atoms with van der Waals surface area (Å²) in [7, 11) is 1.23. The molecule has 1 saturated heterocycles. The lowest BCUT2D eigenvalue weighted by Gasteiger charge is -2.07. The highest BCUT2D eigenvalue weighted by Crippen LogP contribution is 2.25. The summed E-state index contributed by atoms with van der Waals surface area (Å²) >= 11 is 0.998. The summed E-state index contributed by atoms with van der Waals surface area (Å²) in [6.45, 7) is 2.08. The van der Waals surface area contributed by atoms with Gasteiger partial charge in [-0.15, -0.1) is 5.10 Å². The van der Waals surface area contributed by atoms with Crippen molar-refractivity contribution < 1.29 is 23.9 Å². The standard InChI is InChI=1S/C22H19N3O5S/c1-3-30-21(28)15-10-8-14(9-11-15)17-7-5-4-6-16(17)13-23-25-22-24-20(27)18(31-22)12-19(26)29-2/h4-13H,3H2,1-2H3,(H,24,25,27)/b18-12+,23-13?. The largest absolute Gasteiger partial charge is 0.466 e. The van der Waals surface area contributed by atoms with Gasteiger partial charge in [0.25, 0.3) is 5.91 Å². The number of esters is 2.